The Kier molecular flexibility index (Phi) is 4.95. The van der Waals surface area contributed by atoms with E-state index in [0.29, 0.717) is 11.0 Å². The average Bonchev–Trinajstić information content (AvgIpc) is 2.85. The van der Waals surface area contributed by atoms with Crippen LogP contribution in [0.1, 0.15) is 25.8 Å². The summed E-state index contributed by atoms with van der Waals surface area (Å²) in [6.07, 6.45) is -0.474. The van der Waals surface area contributed by atoms with Crippen molar-refractivity contribution in [1.29, 1.82) is 0 Å². The van der Waals surface area contributed by atoms with E-state index in [9.17, 15) is 4.79 Å². The first kappa shape index (κ1) is 15.9. The van der Waals surface area contributed by atoms with E-state index < -0.39 is 11.7 Å². The second-order valence-electron chi connectivity index (χ2n) is 5.34. The zero-order chi connectivity index (χ0) is 15.5. The summed E-state index contributed by atoms with van der Waals surface area (Å²) in [5.74, 6) is 0. The summed E-state index contributed by atoms with van der Waals surface area (Å²) < 4.78 is 5.23. The lowest BCUT2D eigenvalue weighted by Gasteiger charge is -2.19. The molecule has 0 atom stereocenters. The molecular weight excluding hydrogens is 354 g/mol. The highest BCUT2D eigenvalue weighted by Gasteiger charge is 2.16. The third kappa shape index (κ3) is 4.78. The number of nitrogens with zero attached hydrogens (tertiary/aromatic N) is 2. The van der Waals surface area contributed by atoms with E-state index in [1.807, 2.05) is 39.0 Å². The van der Waals surface area contributed by atoms with Crippen molar-refractivity contribution in [3.05, 3.63) is 29.3 Å². The van der Waals surface area contributed by atoms with E-state index in [1.54, 1.807) is 6.07 Å². The molecular formula is C14H16BrN3O2S. The number of amides is 1. The fourth-order valence-corrected chi connectivity index (χ4v) is 2.72. The molecule has 0 aliphatic rings. The van der Waals surface area contributed by atoms with Crippen molar-refractivity contribution in [1.82, 2.24) is 10.2 Å². The molecule has 1 aromatic heterocycles. The third-order valence-corrected chi connectivity index (χ3v) is 4.21. The Morgan fingerprint density at radius 1 is 1.38 bits per heavy atom. The van der Waals surface area contributed by atoms with Gasteiger partial charge in [0, 0.05) is 11.3 Å². The molecule has 112 valence electrons. The van der Waals surface area contributed by atoms with Gasteiger partial charge in [0.05, 0.1) is 5.33 Å². The molecule has 1 N–H and O–H groups in total. The number of nitrogens with one attached hydrogen (secondary N) is 1. The number of ether oxygens (including phenoxy) is 1. The van der Waals surface area contributed by atoms with Crippen LogP contribution in [0.15, 0.2) is 24.3 Å². The van der Waals surface area contributed by atoms with E-state index in [0.717, 1.165) is 15.6 Å². The predicted octanol–water partition coefficient (Wildman–Crippen LogP) is 4.45. The van der Waals surface area contributed by atoms with Gasteiger partial charge in [-0.05, 0) is 32.9 Å². The highest BCUT2D eigenvalue weighted by atomic mass is 79.9. The summed E-state index contributed by atoms with van der Waals surface area (Å²) in [5.41, 5.74) is 1.05. The smallest absolute Gasteiger partial charge is 0.412 e. The molecule has 0 aliphatic heterocycles. The number of carbonyl (C=O) groups is 1. The Balaban J connectivity index is 2.12. The monoisotopic (exact) mass is 369 g/mol. The van der Waals surface area contributed by atoms with Crippen molar-refractivity contribution in [2.24, 2.45) is 0 Å². The van der Waals surface area contributed by atoms with Crippen LogP contribution in [0.25, 0.3) is 10.6 Å². The summed E-state index contributed by atoms with van der Waals surface area (Å²) in [6.45, 7) is 5.48. The molecule has 0 spiro atoms. The van der Waals surface area contributed by atoms with Crippen molar-refractivity contribution in [2.45, 2.75) is 31.7 Å². The Bertz CT molecular complexity index is 637. The number of halogens is 1. The van der Waals surface area contributed by atoms with Gasteiger partial charge in [-0.25, -0.2) is 4.79 Å². The molecule has 0 fully saturated rings. The molecule has 1 aromatic carbocycles. The SMILES string of the molecule is CC(C)(C)OC(=O)Nc1cccc(-c2nnc(CBr)s2)c1. The highest BCUT2D eigenvalue weighted by Crippen LogP contribution is 2.26. The Morgan fingerprint density at radius 2 is 2.14 bits per heavy atom. The number of alkyl halides is 1. The van der Waals surface area contributed by atoms with Crippen LogP contribution in [0.2, 0.25) is 0 Å². The number of carbonyl (C=O) groups excluding carboxylic acids is 1. The number of aromatic nitrogens is 2. The third-order valence-electron chi connectivity index (χ3n) is 2.34. The van der Waals surface area contributed by atoms with E-state index in [2.05, 4.69) is 31.4 Å². The maximum atomic E-state index is 11.8. The summed E-state index contributed by atoms with van der Waals surface area (Å²) in [4.78, 5) is 11.8. The second-order valence-corrected chi connectivity index (χ2v) is 6.97. The lowest BCUT2D eigenvalue weighted by Crippen LogP contribution is -2.27. The minimum Gasteiger partial charge on any atom is -0.444 e. The first-order chi connectivity index (χ1) is 9.87. The fourth-order valence-electron chi connectivity index (χ4n) is 1.58. The normalized spacial score (nSPS) is 11.2. The van der Waals surface area contributed by atoms with E-state index >= 15 is 0 Å². The van der Waals surface area contributed by atoms with Gasteiger partial charge in [0.2, 0.25) is 0 Å². The summed E-state index contributed by atoms with van der Waals surface area (Å²) in [6, 6.07) is 7.44. The molecule has 1 heterocycles. The standard InChI is InChI=1S/C14H16BrN3O2S/c1-14(2,3)20-13(19)16-10-6-4-5-9(7-10)12-18-17-11(8-15)21-12/h4-7H,8H2,1-3H3,(H,16,19). The second kappa shape index (κ2) is 6.53. The number of rotatable bonds is 3. The number of benzene rings is 1. The van der Waals surface area contributed by atoms with Gasteiger partial charge >= 0.3 is 6.09 Å². The molecule has 21 heavy (non-hydrogen) atoms. The van der Waals surface area contributed by atoms with Crippen LogP contribution >= 0.6 is 27.3 Å². The first-order valence-electron chi connectivity index (χ1n) is 6.36. The Hall–Kier alpha value is -1.47. The first-order valence-corrected chi connectivity index (χ1v) is 8.30. The van der Waals surface area contributed by atoms with Crippen molar-refractivity contribution >= 4 is 39.0 Å². The quantitative estimate of drug-likeness (QED) is 0.811. The lowest BCUT2D eigenvalue weighted by atomic mass is 10.2. The molecule has 2 aromatic rings. The van der Waals surface area contributed by atoms with Crippen molar-refractivity contribution in [2.75, 3.05) is 5.32 Å². The van der Waals surface area contributed by atoms with Gasteiger partial charge in [-0.3, -0.25) is 5.32 Å². The largest absolute Gasteiger partial charge is 0.444 e. The molecule has 0 radical (unpaired) electrons. The minimum atomic E-state index is -0.522. The van der Waals surface area contributed by atoms with Crippen molar-refractivity contribution in [3.63, 3.8) is 0 Å². The van der Waals surface area contributed by atoms with Crippen LogP contribution in [0.4, 0.5) is 10.5 Å². The zero-order valence-electron chi connectivity index (χ0n) is 12.0. The average molecular weight is 370 g/mol. The maximum Gasteiger partial charge on any atom is 0.412 e. The van der Waals surface area contributed by atoms with E-state index in [4.69, 9.17) is 4.74 Å². The van der Waals surface area contributed by atoms with Crippen LogP contribution in [0.5, 0.6) is 0 Å². The Labute approximate surface area is 135 Å². The summed E-state index contributed by atoms with van der Waals surface area (Å²) >= 11 is 4.86. The summed E-state index contributed by atoms with van der Waals surface area (Å²) in [5, 5.41) is 13.3. The summed E-state index contributed by atoms with van der Waals surface area (Å²) in [7, 11) is 0. The van der Waals surface area contributed by atoms with Gasteiger partial charge in [0.15, 0.2) is 0 Å². The number of anilines is 1. The molecule has 0 bridgehead atoms. The topological polar surface area (TPSA) is 64.1 Å². The van der Waals surface area contributed by atoms with Crippen LogP contribution < -0.4 is 5.32 Å². The lowest BCUT2D eigenvalue weighted by molar-refractivity contribution is 0.0636. The molecule has 5 nitrogen and oxygen atoms in total. The van der Waals surface area contributed by atoms with Gasteiger partial charge in [0.1, 0.15) is 15.6 Å². The minimum absolute atomic E-state index is 0.474. The van der Waals surface area contributed by atoms with Crippen LogP contribution in [0, 0.1) is 0 Å². The van der Waals surface area contributed by atoms with E-state index in [1.165, 1.54) is 11.3 Å². The predicted molar refractivity (Wildman–Crippen MR) is 87.8 cm³/mol. The number of hydrogen-bond donors (Lipinski definition) is 1. The van der Waals surface area contributed by atoms with Gasteiger partial charge in [-0.15, -0.1) is 10.2 Å². The molecule has 0 unspecified atom stereocenters. The van der Waals surface area contributed by atoms with Gasteiger partial charge in [0.25, 0.3) is 0 Å². The van der Waals surface area contributed by atoms with Crippen LogP contribution in [0.3, 0.4) is 0 Å². The van der Waals surface area contributed by atoms with Crippen LogP contribution in [-0.2, 0) is 10.1 Å². The highest BCUT2D eigenvalue weighted by molar-refractivity contribution is 9.08. The van der Waals surface area contributed by atoms with E-state index in [-0.39, 0.29) is 0 Å². The van der Waals surface area contributed by atoms with Crippen molar-refractivity contribution < 1.29 is 9.53 Å². The van der Waals surface area contributed by atoms with Crippen LogP contribution in [-0.4, -0.2) is 21.9 Å². The Morgan fingerprint density at radius 3 is 2.76 bits per heavy atom. The molecule has 0 saturated carbocycles. The molecule has 0 saturated heterocycles. The van der Waals surface area contributed by atoms with Gasteiger partial charge in [-0.1, -0.05) is 39.4 Å². The molecule has 7 heteroatoms. The maximum absolute atomic E-state index is 11.8. The van der Waals surface area contributed by atoms with Gasteiger partial charge < -0.3 is 4.74 Å². The number of hydrogen-bond acceptors (Lipinski definition) is 5. The zero-order valence-corrected chi connectivity index (χ0v) is 14.4. The fraction of sp³-hybridized carbons (Fsp3) is 0.357. The van der Waals surface area contributed by atoms with Crippen molar-refractivity contribution in [3.8, 4) is 10.6 Å². The molecule has 1 amide bonds. The van der Waals surface area contributed by atoms with Gasteiger partial charge in [-0.2, -0.15) is 0 Å². The molecule has 2 rings (SSSR count). The molecule has 0 aliphatic carbocycles.